The molecule has 2 aliphatic rings. The highest BCUT2D eigenvalue weighted by Gasteiger charge is 2.33. The molecular formula is C17H22N4O2. The van der Waals surface area contributed by atoms with Crippen LogP contribution in [-0.2, 0) is 19.9 Å². The first-order chi connectivity index (χ1) is 11.1. The predicted molar refractivity (Wildman–Crippen MR) is 84.4 cm³/mol. The average molecular weight is 314 g/mol. The first-order valence-electron chi connectivity index (χ1n) is 8.40. The third-order valence-electron chi connectivity index (χ3n) is 5.03. The van der Waals surface area contributed by atoms with Gasteiger partial charge in [0.05, 0.1) is 5.69 Å². The van der Waals surface area contributed by atoms with Crippen molar-refractivity contribution >= 4 is 5.91 Å². The molecule has 1 amide bonds. The standard InChI is InChI=1S/C17H22N4O2/c1-11-9-20(2)16(18-11)12-7-8-21(10-12)17(22)15-13-5-3-4-6-14(13)23-19-15/h9,12H,3-8,10H2,1-2H3/t12-/m1/s1. The van der Waals surface area contributed by atoms with Crippen molar-refractivity contribution in [3.63, 3.8) is 0 Å². The zero-order chi connectivity index (χ0) is 16.0. The number of carbonyl (C=O) groups is 1. The maximum absolute atomic E-state index is 12.8. The van der Waals surface area contributed by atoms with Crippen LogP contribution < -0.4 is 0 Å². The lowest BCUT2D eigenvalue weighted by Gasteiger charge is -2.16. The van der Waals surface area contributed by atoms with Gasteiger partial charge in [-0.1, -0.05) is 5.16 Å². The molecule has 2 aromatic heterocycles. The van der Waals surface area contributed by atoms with E-state index in [1.165, 1.54) is 0 Å². The minimum absolute atomic E-state index is 0.0188. The molecule has 1 fully saturated rings. The number of hydrogen-bond acceptors (Lipinski definition) is 4. The molecule has 0 spiro atoms. The quantitative estimate of drug-likeness (QED) is 0.852. The summed E-state index contributed by atoms with van der Waals surface area (Å²) < 4.78 is 7.46. The Hall–Kier alpha value is -2.11. The summed E-state index contributed by atoms with van der Waals surface area (Å²) in [6, 6.07) is 0. The summed E-state index contributed by atoms with van der Waals surface area (Å²) in [5.74, 6) is 2.31. The van der Waals surface area contributed by atoms with Crippen LogP contribution in [0, 0.1) is 6.92 Å². The lowest BCUT2D eigenvalue weighted by Crippen LogP contribution is -2.30. The van der Waals surface area contributed by atoms with Gasteiger partial charge < -0.3 is 14.0 Å². The van der Waals surface area contributed by atoms with E-state index in [1.807, 2.05) is 25.1 Å². The summed E-state index contributed by atoms with van der Waals surface area (Å²) >= 11 is 0. The van der Waals surface area contributed by atoms with Gasteiger partial charge in [0.2, 0.25) is 0 Å². The van der Waals surface area contributed by atoms with Crippen molar-refractivity contribution in [3.05, 3.63) is 34.7 Å². The molecule has 1 saturated heterocycles. The number of fused-ring (bicyclic) bond motifs is 1. The molecule has 1 atom stereocenters. The molecule has 1 aliphatic carbocycles. The SMILES string of the molecule is Cc1cn(C)c([C@@H]2CCN(C(=O)c3noc4c3CCCC4)C2)n1. The number of rotatable bonds is 2. The highest BCUT2D eigenvalue weighted by molar-refractivity contribution is 5.94. The van der Waals surface area contributed by atoms with E-state index in [-0.39, 0.29) is 5.91 Å². The van der Waals surface area contributed by atoms with Crippen LogP contribution in [0.4, 0.5) is 0 Å². The lowest BCUT2D eigenvalue weighted by atomic mass is 9.96. The molecule has 122 valence electrons. The molecule has 6 nitrogen and oxygen atoms in total. The smallest absolute Gasteiger partial charge is 0.276 e. The van der Waals surface area contributed by atoms with Crippen LogP contribution in [0.3, 0.4) is 0 Å². The van der Waals surface area contributed by atoms with Crippen LogP contribution in [0.2, 0.25) is 0 Å². The molecule has 23 heavy (non-hydrogen) atoms. The van der Waals surface area contributed by atoms with Crippen LogP contribution in [0.1, 0.15) is 58.5 Å². The van der Waals surface area contributed by atoms with Crippen molar-refractivity contribution in [1.82, 2.24) is 19.6 Å². The fourth-order valence-corrected chi connectivity index (χ4v) is 3.87. The largest absolute Gasteiger partial charge is 0.360 e. The van der Waals surface area contributed by atoms with E-state index in [4.69, 9.17) is 4.52 Å². The number of aromatic nitrogens is 3. The van der Waals surface area contributed by atoms with Gasteiger partial charge in [-0.15, -0.1) is 0 Å². The Bertz CT molecular complexity index is 746. The van der Waals surface area contributed by atoms with Crippen molar-refractivity contribution in [2.24, 2.45) is 7.05 Å². The van der Waals surface area contributed by atoms with Gasteiger partial charge in [-0.3, -0.25) is 4.79 Å². The predicted octanol–water partition coefficient (Wildman–Crippen LogP) is 2.23. The van der Waals surface area contributed by atoms with Crippen molar-refractivity contribution < 1.29 is 9.32 Å². The minimum atomic E-state index is 0.0188. The minimum Gasteiger partial charge on any atom is -0.360 e. The Balaban J connectivity index is 1.52. The fraction of sp³-hybridized carbons (Fsp3) is 0.588. The van der Waals surface area contributed by atoms with Crippen LogP contribution in [-0.4, -0.2) is 38.6 Å². The van der Waals surface area contributed by atoms with Gasteiger partial charge in [-0.2, -0.15) is 0 Å². The number of hydrogen-bond donors (Lipinski definition) is 0. The third-order valence-corrected chi connectivity index (χ3v) is 5.03. The van der Waals surface area contributed by atoms with Gasteiger partial charge >= 0.3 is 0 Å². The van der Waals surface area contributed by atoms with E-state index >= 15 is 0 Å². The van der Waals surface area contributed by atoms with Gasteiger partial charge in [0.1, 0.15) is 11.6 Å². The van der Waals surface area contributed by atoms with E-state index in [0.717, 1.165) is 61.5 Å². The van der Waals surface area contributed by atoms with Crippen LogP contribution in [0.5, 0.6) is 0 Å². The first-order valence-corrected chi connectivity index (χ1v) is 8.40. The van der Waals surface area contributed by atoms with E-state index in [2.05, 4.69) is 14.7 Å². The average Bonchev–Trinajstić information content (AvgIpc) is 3.24. The second-order valence-electron chi connectivity index (χ2n) is 6.73. The van der Waals surface area contributed by atoms with Crippen molar-refractivity contribution in [2.45, 2.75) is 44.9 Å². The number of amides is 1. The monoisotopic (exact) mass is 314 g/mol. The topological polar surface area (TPSA) is 64.2 Å². The molecule has 2 aromatic rings. The molecule has 0 unspecified atom stereocenters. The molecule has 0 bridgehead atoms. The molecule has 0 saturated carbocycles. The van der Waals surface area contributed by atoms with E-state index in [1.54, 1.807) is 0 Å². The van der Waals surface area contributed by atoms with Gasteiger partial charge in [0.15, 0.2) is 5.69 Å². The molecule has 3 heterocycles. The summed E-state index contributed by atoms with van der Waals surface area (Å²) in [6.07, 6.45) is 7.05. The van der Waals surface area contributed by atoms with E-state index in [0.29, 0.717) is 18.2 Å². The summed E-state index contributed by atoms with van der Waals surface area (Å²) in [7, 11) is 2.02. The Morgan fingerprint density at radius 3 is 2.96 bits per heavy atom. The second-order valence-corrected chi connectivity index (χ2v) is 6.73. The van der Waals surface area contributed by atoms with E-state index < -0.39 is 0 Å². The summed E-state index contributed by atoms with van der Waals surface area (Å²) in [4.78, 5) is 19.3. The Morgan fingerprint density at radius 1 is 1.35 bits per heavy atom. The van der Waals surface area contributed by atoms with Crippen molar-refractivity contribution in [2.75, 3.05) is 13.1 Å². The Kier molecular flexibility index (Phi) is 3.47. The van der Waals surface area contributed by atoms with Gasteiger partial charge in [-0.05, 0) is 32.6 Å². The summed E-state index contributed by atoms with van der Waals surface area (Å²) in [5, 5.41) is 4.07. The van der Waals surface area contributed by atoms with Gasteiger partial charge in [0, 0.05) is 44.2 Å². The number of imidazole rings is 1. The van der Waals surface area contributed by atoms with Crippen LogP contribution in [0.25, 0.3) is 0 Å². The molecular weight excluding hydrogens is 292 g/mol. The molecule has 4 rings (SSSR count). The van der Waals surface area contributed by atoms with E-state index in [9.17, 15) is 4.79 Å². The van der Waals surface area contributed by atoms with Crippen LogP contribution >= 0.6 is 0 Å². The molecule has 6 heteroatoms. The van der Waals surface area contributed by atoms with Gasteiger partial charge in [-0.25, -0.2) is 4.98 Å². The number of carbonyl (C=O) groups excluding carboxylic acids is 1. The van der Waals surface area contributed by atoms with Crippen LogP contribution in [0.15, 0.2) is 10.7 Å². The second kappa shape index (κ2) is 5.51. The zero-order valence-electron chi connectivity index (χ0n) is 13.7. The maximum atomic E-state index is 12.8. The molecule has 0 radical (unpaired) electrons. The third kappa shape index (κ3) is 2.46. The van der Waals surface area contributed by atoms with Crippen molar-refractivity contribution in [1.29, 1.82) is 0 Å². The van der Waals surface area contributed by atoms with Crippen molar-refractivity contribution in [3.8, 4) is 0 Å². The normalized spacial score (nSPS) is 20.8. The number of aryl methyl sites for hydroxylation is 3. The molecule has 0 N–H and O–H groups in total. The lowest BCUT2D eigenvalue weighted by molar-refractivity contribution is 0.0779. The first kappa shape index (κ1) is 14.5. The van der Waals surface area contributed by atoms with Gasteiger partial charge in [0.25, 0.3) is 5.91 Å². The molecule has 1 aliphatic heterocycles. The zero-order valence-corrected chi connectivity index (χ0v) is 13.7. The number of likely N-dealkylation sites (tertiary alicyclic amines) is 1. The maximum Gasteiger partial charge on any atom is 0.276 e. The fourth-order valence-electron chi connectivity index (χ4n) is 3.87. The Labute approximate surface area is 135 Å². The highest BCUT2D eigenvalue weighted by Crippen LogP contribution is 2.30. The Morgan fingerprint density at radius 2 is 2.17 bits per heavy atom. The highest BCUT2D eigenvalue weighted by atomic mass is 16.5. The molecule has 0 aromatic carbocycles. The number of nitrogens with zero attached hydrogens (tertiary/aromatic N) is 4. The summed E-state index contributed by atoms with van der Waals surface area (Å²) in [6.45, 7) is 3.48. The summed E-state index contributed by atoms with van der Waals surface area (Å²) in [5.41, 5.74) is 2.60.